The minimum Gasteiger partial charge on any atom is -0.493 e. The largest absolute Gasteiger partial charge is 0.493 e. The number of benzene rings is 1. The highest BCUT2D eigenvalue weighted by Crippen LogP contribution is 2.33. The summed E-state index contributed by atoms with van der Waals surface area (Å²) in [5.41, 5.74) is 3.60. The van der Waals surface area contributed by atoms with Crippen LogP contribution in [-0.2, 0) is 6.54 Å². The van der Waals surface area contributed by atoms with E-state index in [4.69, 9.17) is 28.3 Å². The van der Waals surface area contributed by atoms with Crippen LogP contribution in [0.5, 0.6) is 11.5 Å². The lowest BCUT2D eigenvalue weighted by Gasteiger charge is -2.43. The van der Waals surface area contributed by atoms with E-state index in [1.165, 1.54) is 5.56 Å². The lowest BCUT2D eigenvalue weighted by molar-refractivity contribution is 0.191. The fourth-order valence-corrected chi connectivity index (χ4v) is 6.32. The molecular weight excluding hydrogens is 560 g/mol. The molecule has 2 N–H and O–H groups in total. The average molecular weight is 599 g/mol. The summed E-state index contributed by atoms with van der Waals surface area (Å²) in [5, 5.41) is 6.64. The van der Waals surface area contributed by atoms with E-state index in [9.17, 15) is 0 Å². The number of aromatic nitrogens is 4. The highest BCUT2D eigenvalue weighted by molar-refractivity contribution is 5.74. The second kappa shape index (κ2) is 12.7. The van der Waals surface area contributed by atoms with E-state index in [-0.39, 0.29) is 0 Å². The van der Waals surface area contributed by atoms with Gasteiger partial charge in [-0.05, 0) is 87.7 Å². The number of anilines is 3. The quantitative estimate of drug-likeness (QED) is 0.221. The van der Waals surface area contributed by atoms with Crippen molar-refractivity contribution in [1.82, 2.24) is 30.2 Å². The molecule has 0 spiro atoms. The van der Waals surface area contributed by atoms with Crippen LogP contribution in [0, 0.1) is 0 Å². The Labute approximate surface area is 255 Å². The third-order valence-electron chi connectivity index (χ3n) is 8.45. The summed E-state index contributed by atoms with van der Waals surface area (Å²) < 4.78 is 23.4. The van der Waals surface area contributed by atoms with Crippen LogP contribution in [0.3, 0.4) is 0 Å². The van der Waals surface area contributed by atoms with Crippen molar-refractivity contribution in [2.45, 2.75) is 51.2 Å². The molecule has 5 aromatic rings. The highest BCUT2D eigenvalue weighted by atomic mass is 16.5. The van der Waals surface area contributed by atoms with Crippen molar-refractivity contribution in [3.8, 4) is 11.5 Å². The Morgan fingerprint density at radius 1 is 0.932 bits per heavy atom. The number of hydrogen-bond donors (Lipinski definition) is 2. The first kappa shape index (κ1) is 28.4. The minimum atomic E-state index is 0.334. The van der Waals surface area contributed by atoms with Gasteiger partial charge in [0.2, 0.25) is 11.3 Å². The Bertz CT molecular complexity index is 1670. The summed E-state index contributed by atoms with van der Waals surface area (Å²) in [4.78, 5) is 23.2. The predicted octanol–water partition coefficient (Wildman–Crippen LogP) is 5.13. The van der Waals surface area contributed by atoms with Crippen LogP contribution in [0.4, 0.5) is 17.8 Å². The van der Waals surface area contributed by atoms with Crippen molar-refractivity contribution in [2.75, 3.05) is 50.1 Å². The van der Waals surface area contributed by atoms with E-state index in [0.29, 0.717) is 59.0 Å². The topological polar surface area (TPSA) is 127 Å². The number of ether oxygens (including phenoxy) is 2. The summed E-state index contributed by atoms with van der Waals surface area (Å²) in [7, 11) is 1.68. The van der Waals surface area contributed by atoms with Gasteiger partial charge in [-0.2, -0.15) is 9.97 Å². The zero-order chi connectivity index (χ0) is 29.9. The third-order valence-corrected chi connectivity index (χ3v) is 8.45. The molecule has 230 valence electrons. The van der Waals surface area contributed by atoms with Gasteiger partial charge in [0.05, 0.1) is 13.7 Å². The van der Waals surface area contributed by atoms with Crippen LogP contribution in [0.1, 0.15) is 38.2 Å². The van der Waals surface area contributed by atoms with Gasteiger partial charge < -0.3 is 28.5 Å². The standard InChI is InChI=1S/C32H38N8O4/c1-3-42-27-19-21(6-7-24(27)41-2)20-39-17-12-23(13-18-39)40(22-10-15-33-16-11-22)32-38-30-26(44-32)8-9-28(35-30)36-31-37-29-25(43-31)5-4-14-34-29/h4-9,14,19,22-23,33H,3,10-13,15-18,20H2,1-2H3,(H,34,35,36,37). The van der Waals surface area contributed by atoms with Gasteiger partial charge in [-0.3, -0.25) is 10.2 Å². The lowest BCUT2D eigenvalue weighted by atomic mass is 9.97. The molecule has 2 saturated heterocycles. The van der Waals surface area contributed by atoms with Gasteiger partial charge >= 0.3 is 6.01 Å². The number of rotatable bonds is 10. The molecule has 0 unspecified atom stereocenters. The van der Waals surface area contributed by atoms with E-state index < -0.39 is 0 Å². The molecule has 0 aliphatic carbocycles. The summed E-state index contributed by atoms with van der Waals surface area (Å²) in [6, 6.07) is 15.3. The van der Waals surface area contributed by atoms with Gasteiger partial charge in [-0.25, -0.2) is 9.97 Å². The molecule has 0 atom stereocenters. The van der Waals surface area contributed by atoms with Gasteiger partial charge in [-0.15, -0.1) is 0 Å². The Morgan fingerprint density at radius 3 is 2.55 bits per heavy atom. The molecule has 12 heteroatoms. The van der Waals surface area contributed by atoms with Crippen molar-refractivity contribution in [3.05, 3.63) is 54.2 Å². The van der Waals surface area contributed by atoms with Crippen LogP contribution < -0.4 is 25.0 Å². The lowest BCUT2D eigenvalue weighted by Crippen LogP contribution is -2.52. The molecule has 2 fully saturated rings. The van der Waals surface area contributed by atoms with Crippen LogP contribution in [0.2, 0.25) is 0 Å². The van der Waals surface area contributed by atoms with E-state index in [1.54, 1.807) is 13.3 Å². The number of pyridine rings is 2. The predicted molar refractivity (Wildman–Crippen MR) is 168 cm³/mol. The number of hydrogen-bond acceptors (Lipinski definition) is 12. The molecular formula is C32H38N8O4. The number of nitrogens with zero attached hydrogens (tertiary/aromatic N) is 6. The second-order valence-electron chi connectivity index (χ2n) is 11.3. The first-order valence-electron chi connectivity index (χ1n) is 15.4. The van der Waals surface area contributed by atoms with E-state index in [2.05, 4.69) is 42.5 Å². The molecule has 44 heavy (non-hydrogen) atoms. The maximum absolute atomic E-state index is 6.39. The molecule has 2 aliphatic rings. The zero-order valence-corrected chi connectivity index (χ0v) is 25.2. The summed E-state index contributed by atoms with van der Waals surface area (Å²) in [5.74, 6) is 2.15. The van der Waals surface area contributed by atoms with Crippen molar-refractivity contribution >= 4 is 40.3 Å². The van der Waals surface area contributed by atoms with E-state index >= 15 is 0 Å². The monoisotopic (exact) mass is 598 g/mol. The fraction of sp³-hybridized carbons (Fsp3) is 0.438. The zero-order valence-electron chi connectivity index (χ0n) is 25.2. The second-order valence-corrected chi connectivity index (χ2v) is 11.3. The van der Waals surface area contributed by atoms with Gasteiger partial charge in [-0.1, -0.05) is 6.07 Å². The first-order chi connectivity index (χ1) is 21.7. The fourth-order valence-electron chi connectivity index (χ4n) is 6.32. The van der Waals surface area contributed by atoms with Gasteiger partial charge in [0.25, 0.3) is 6.01 Å². The maximum atomic E-state index is 6.39. The smallest absolute Gasteiger partial charge is 0.303 e. The number of methoxy groups -OCH3 is 1. The molecule has 2 aliphatic heterocycles. The molecule has 0 amide bonds. The maximum Gasteiger partial charge on any atom is 0.303 e. The Hall–Kier alpha value is -4.42. The number of likely N-dealkylation sites (tertiary alicyclic amines) is 1. The molecule has 0 radical (unpaired) electrons. The molecule has 12 nitrogen and oxygen atoms in total. The van der Waals surface area contributed by atoms with Crippen molar-refractivity contribution < 1.29 is 18.3 Å². The van der Waals surface area contributed by atoms with E-state index in [0.717, 1.165) is 69.9 Å². The van der Waals surface area contributed by atoms with Crippen LogP contribution in [0.25, 0.3) is 22.5 Å². The van der Waals surface area contributed by atoms with Crippen molar-refractivity contribution in [1.29, 1.82) is 0 Å². The molecule has 0 bridgehead atoms. The van der Waals surface area contributed by atoms with Crippen molar-refractivity contribution in [2.24, 2.45) is 0 Å². The highest BCUT2D eigenvalue weighted by Gasteiger charge is 2.34. The van der Waals surface area contributed by atoms with Crippen LogP contribution >= 0.6 is 0 Å². The average Bonchev–Trinajstić information content (AvgIpc) is 3.66. The molecule has 0 saturated carbocycles. The SMILES string of the molecule is CCOc1cc(CN2CCC(N(c3nc4nc(Nc5nc6ncccc6o5)ccc4o3)C3CCNCC3)CC2)ccc1OC. The molecule has 1 aromatic carbocycles. The van der Waals surface area contributed by atoms with Crippen LogP contribution in [0.15, 0.2) is 57.5 Å². The summed E-state index contributed by atoms with van der Waals surface area (Å²) in [6.07, 6.45) is 5.85. The minimum absolute atomic E-state index is 0.334. The third kappa shape index (κ3) is 6.00. The number of oxazole rings is 2. The van der Waals surface area contributed by atoms with Gasteiger partial charge in [0.15, 0.2) is 22.7 Å². The van der Waals surface area contributed by atoms with Gasteiger partial charge in [0.1, 0.15) is 5.82 Å². The van der Waals surface area contributed by atoms with Gasteiger partial charge in [0, 0.05) is 37.9 Å². The molecule has 4 aromatic heterocycles. The van der Waals surface area contributed by atoms with Crippen LogP contribution in [-0.4, -0.2) is 76.8 Å². The Kier molecular flexibility index (Phi) is 8.16. The summed E-state index contributed by atoms with van der Waals surface area (Å²) in [6.45, 7) is 7.45. The van der Waals surface area contributed by atoms with Crippen molar-refractivity contribution in [3.63, 3.8) is 0 Å². The first-order valence-corrected chi connectivity index (χ1v) is 15.4. The number of fused-ring (bicyclic) bond motifs is 2. The Morgan fingerprint density at radius 2 is 1.75 bits per heavy atom. The normalized spacial score (nSPS) is 16.9. The van der Waals surface area contributed by atoms with E-state index in [1.807, 2.05) is 37.3 Å². The number of nitrogens with one attached hydrogen (secondary N) is 2. The summed E-state index contributed by atoms with van der Waals surface area (Å²) >= 11 is 0. The molecule has 6 heterocycles. The number of piperidine rings is 2. The Balaban J connectivity index is 1.07. The molecule has 7 rings (SSSR count).